The lowest BCUT2D eigenvalue weighted by Gasteiger charge is -2.19. The van der Waals surface area contributed by atoms with Crippen molar-refractivity contribution in [1.82, 2.24) is 0 Å². The van der Waals surface area contributed by atoms with Gasteiger partial charge in [0.15, 0.2) is 9.84 Å². The number of hydrogen-bond acceptors (Lipinski definition) is 6. The molecule has 1 aliphatic rings. The Morgan fingerprint density at radius 3 is 2.30 bits per heavy atom. The van der Waals surface area contributed by atoms with Crippen molar-refractivity contribution in [3.63, 3.8) is 0 Å². The second-order valence-electron chi connectivity index (χ2n) is 6.35. The first-order valence-corrected chi connectivity index (χ1v) is 11.5. The Labute approximate surface area is 158 Å². The average molecular weight is 409 g/mol. The van der Waals surface area contributed by atoms with Crippen LogP contribution in [0.4, 0.5) is 11.4 Å². The van der Waals surface area contributed by atoms with Gasteiger partial charge in [0.05, 0.1) is 16.3 Å². The number of carbonyl (C=O) groups excluding carboxylic acids is 1. The maximum absolute atomic E-state index is 12.3. The summed E-state index contributed by atoms with van der Waals surface area (Å²) in [5.74, 6) is -0.259. The third kappa shape index (κ3) is 4.46. The van der Waals surface area contributed by atoms with Gasteiger partial charge in [-0.05, 0) is 54.4 Å². The van der Waals surface area contributed by atoms with Gasteiger partial charge in [-0.3, -0.25) is 4.79 Å². The topological polar surface area (TPSA) is 127 Å². The number of sulfonamides is 1. The quantitative estimate of drug-likeness (QED) is 0.750. The van der Waals surface area contributed by atoms with E-state index in [9.17, 15) is 21.6 Å². The molecule has 10 heteroatoms. The fourth-order valence-corrected chi connectivity index (χ4v) is 4.14. The summed E-state index contributed by atoms with van der Waals surface area (Å²) >= 11 is 0. The molecule has 0 saturated heterocycles. The summed E-state index contributed by atoms with van der Waals surface area (Å²) in [5, 5.41) is 7.87. The van der Waals surface area contributed by atoms with Gasteiger partial charge in [-0.1, -0.05) is 0 Å². The third-order valence-corrected chi connectivity index (χ3v) is 6.31. The SMILES string of the molecule is CS(=O)(=O)c1ccc(NC(=O)CN2CCc3cc(S(N)(=O)=O)ccc32)cc1. The van der Waals surface area contributed by atoms with E-state index in [0.717, 1.165) is 17.5 Å². The van der Waals surface area contributed by atoms with Crippen LogP contribution in [0.5, 0.6) is 0 Å². The van der Waals surface area contributed by atoms with Crippen LogP contribution in [0.15, 0.2) is 52.3 Å². The summed E-state index contributed by atoms with van der Waals surface area (Å²) in [6, 6.07) is 10.5. The number of carbonyl (C=O) groups is 1. The molecule has 144 valence electrons. The number of primary sulfonamides is 1. The molecule has 2 aromatic rings. The fourth-order valence-electron chi connectivity index (χ4n) is 2.95. The van der Waals surface area contributed by atoms with E-state index in [4.69, 9.17) is 5.14 Å². The van der Waals surface area contributed by atoms with Crippen molar-refractivity contribution >= 4 is 37.1 Å². The molecular weight excluding hydrogens is 390 g/mol. The zero-order valence-corrected chi connectivity index (χ0v) is 16.2. The van der Waals surface area contributed by atoms with Gasteiger partial charge in [-0.25, -0.2) is 22.0 Å². The molecule has 0 fully saturated rings. The molecule has 0 atom stereocenters. The number of nitrogens with one attached hydrogen (secondary N) is 1. The van der Waals surface area contributed by atoms with Crippen LogP contribution in [0.1, 0.15) is 5.56 Å². The van der Waals surface area contributed by atoms with Crippen molar-refractivity contribution in [3.05, 3.63) is 48.0 Å². The first-order valence-electron chi connectivity index (χ1n) is 8.05. The lowest BCUT2D eigenvalue weighted by molar-refractivity contribution is -0.115. The van der Waals surface area contributed by atoms with Gasteiger partial charge in [0, 0.05) is 24.2 Å². The number of amides is 1. The molecule has 0 radical (unpaired) electrons. The summed E-state index contributed by atoms with van der Waals surface area (Å²) in [7, 11) is -7.05. The van der Waals surface area contributed by atoms with E-state index in [1.165, 1.54) is 36.4 Å². The van der Waals surface area contributed by atoms with Gasteiger partial charge in [-0.2, -0.15) is 0 Å². The average Bonchev–Trinajstić information content (AvgIpc) is 2.96. The molecule has 0 spiro atoms. The zero-order chi connectivity index (χ0) is 19.8. The van der Waals surface area contributed by atoms with Crippen LogP contribution in [0.25, 0.3) is 0 Å². The monoisotopic (exact) mass is 409 g/mol. The molecule has 3 rings (SSSR count). The van der Waals surface area contributed by atoms with Crippen molar-refractivity contribution in [2.24, 2.45) is 5.14 Å². The minimum Gasteiger partial charge on any atom is -0.362 e. The minimum absolute atomic E-state index is 0.0542. The van der Waals surface area contributed by atoms with Crippen molar-refractivity contribution < 1.29 is 21.6 Å². The van der Waals surface area contributed by atoms with Crippen LogP contribution < -0.4 is 15.4 Å². The van der Waals surface area contributed by atoms with E-state index in [2.05, 4.69) is 5.32 Å². The molecular formula is C17H19N3O5S2. The summed E-state index contributed by atoms with van der Waals surface area (Å²) in [4.78, 5) is 14.4. The molecule has 1 amide bonds. The van der Waals surface area contributed by atoms with Gasteiger partial charge >= 0.3 is 0 Å². The number of hydrogen-bond donors (Lipinski definition) is 2. The minimum atomic E-state index is -3.76. The summed E-state index contributed by atoms with van der Waals surface area (Å²) < 4.78 is 45.8. The van der Waals surface area contributed by atoms with E-state index in [1.54, 1.807) is 6.07 Å². The highest BCUT2D eigenvalue weighted by atomic mass is 32.2. The highest BCUT2D eigenvalue weighted by molar-refractivity contribution is 7.90. The molecule has 27 heavy (non-hydrogen) atoms. The predicted molar refractivity (Wildman–Crippen MR) is 102 cm³/mol. The van der Waals surface area contributed by atoms with E-state index < -0.39 is 19.9 Å². The van der Waals surface area contributed by atoms with E-state index in [1.807, 2.05) is 4.90 Å². The van der Waals surface area contributed by atoms with Crippen LogP contribution >= 0.6 is 0 Å². The molecule has 0 aliphatic carbocycles. The second-order valence-corrected chi connectivity index (χ2v) is 9.93. The number of nitrogens with two attached hydrogens (primary N) is 1. The predicted octanol–water partition coefficient (Wildman–Crippen LogP) is 0.739. The lowest BCUT2D eigenvalue weighted by Crippen LogP contribution is -2.31. The van der Waals surface area contributed by atoms with Gasteiger partial charge in [0.2, 0.25) is 15.9 Å². The number of nitrogens with zero attached hydrogens (tertiary/aromatic N) is 1. The first kappa shape index (κ1) is 19.3. The number of anilines is 2. The Hall–Kier alpha value is -2.43. The van der Waals surface area contributed by atoms with E-state index >= 15 is 0 Å². The van der Waals surface area contributed by atoms with E-state index in [-0.39, 0.29) is 22.2 Å². The van der Waals surface area contributed by atoms with Crippen LogP contribution in [-0.2, 0) is 31.1 Å². The fraction of sp³-hybridized carbons (Fsp3) is 0.235. The third-order valence-electron chi connectivity index (χ3n) is 4.27. The van der Waals surface area contributed by atoms with Crippen molar-refractivity contribution in [2.75, 3.05) is 29.6 Å². The summed E-state index contributed by atoms with van der Waals surface area (Å²) in [5.41, 5.74) is 2.12. The Bertz CT molecular complexity index is 1090. The smallest absolute Gasteiger partial charge is 0.243 e. The Balaban J connectivity index is 1.68. The van der Waals surface area contributed by atoms with Crippen LogP contribution in [0, 0.1) is 0 Å². The Kier molecular flexibility index (Phi) is 4.98. The molecule has 0 unspecified atom stereocenters. The summed E-state index contributed by atoms with van der Waals surface area (Å²) in [6.07, 6.45) is 1.74. The highest BCUT2D eigenvalue weighted by Gasteiger charge is 2.23. The van der Waals surface area contributed by atoms with Gasteiger partial charge in [-0.15, -0.1) is 0 Å². The highest BCUT2D eigenvalue weighted by Crippen LogP contribution is 2.29. The first-order chi connectivity index (χ1) is 12.5. The number of fused-ring (bicyclic) bond motifs is 1. The Morgan fingerprint density at radius 2 is 1.70 bits per heavy atom. The maximum atomic E-state index is 12.3. The van der Waals surface area contributed by atoms with Crippen molar-refractivity contribution in [2.45, 2.75) is 16.2 Å². The molecule has 0 aromatic heterocycles. The lowest BCUT2D eigenvalue weighted by atomic mass is 10.2. The Morgan fingerprint density at radius 1 is 1.07 bits per heavy atom. The molecule has 1 aliphatic heterocycles. The van der Waals surface area contributed by atoms with Gasteiger partial charge < -0.3 is 10.2 Å². The number of benzene rings is 2. The van der Waals surface area contributed by atoms with Crippen LogP contribution in [-0.4, -0.2) is 42.1 Å². The molecule has 0 bridgehead atoms. The normalized spacial score (nSPS) is 14.1. The molecule has 2 aromatic carbocycles. The van der Waals surface area contributed by atoms with Gasteiger partial charge in [0.1, 0.15) is 0 Å². The van der Waals surface area contributed by atoms with Crippen LogP contribution in [0.3, 0.4) is 0 Å². The van der Waals surface area contributed by atoms with Gasteiger partial charge in [0.25, 0.3) is 0 Å². The zero-order valence-electron chi connectivity index (χ0n) is 14.5. The summed E-state index contributed by atoms with van der Waals surface area (Å²) in [6.45, 7) is 0.680. The molecule has 8 nitrogen and oxygen atoms in total. The van der Waals surface area contributed by atoms with Crippen molar-refractivity contribution in [3.8, 4) is 0 Å². The molecule has 3 N–H and O–H groups in total. The van der Waals surface area contributed by atoms with E-state index in [0.29, 0.717) is 18.7 Å². The largest absolute Gasteiger partial charge is 0.362 e. The number of rotatable bonds is 5. The van der Waals surface area contributed by atoms with Crippen LogP contribution in [0.2, 0.25) is 0 Å². The maximum Gasteiger partial charge on any atom is 0.243 e. The molecule has 0 saturated carbocycles. The number of sulfone groups is 1. The second kappa shape index (κ2) is 6.95. The molecule has 1 heterocycles. The standard InChI is InChI=1S/C17H19N3O5S2/c1-26(22,23)14-4-2-13(3-5-14)19-17(21)11-20-9-8-12-10-15(27(18,24)25)6-7-16(12)20/h2-7,10H,8-9,11H2,1H3,(H,19,21)(H2,18,24,25). The van der Waals surface area contributed by atoms with Crippen molar-refractivity contribution in [1.29, 1.82) is 0 Å².